The fourth-order valence-electron chi connectivity index (χ4n) is 3.64. The van der Waals surface area contributed by atoms with Crippen molar-refractivity contribution in [3.05, 3.63) is 52.1 Å². The molecule has 2 aromatic rings. The van der Waals surface area contributed by atoms with Crippen molar-refractivity contribution in [2.45, 2.75) is 18.9 Å². The Bertz CT molecular complexity index is 984. The van der Waals surface area contributed by atoms with E-state index in [-0.39, 0.29) is 5.56 Å². The lowest BCUT2D eigenvalue weighted by atomic mass is 9.98. The summed E-state index contributed by atoms with van der Waals surface area (Å²) in [5.41, 5.74) is 2.34. The molecule has 0 radical (unpaired) electrons. The predicted molar refractivity (Wildman–Crippen MR) is 102 cm³/mol. The van der Waals surface area contributed by atoms with Crippen molar-refractivity contribution < 1.29 is 4.39 Å². The molecule has 26 heavy (non-hydrogen) atoms. The van der Waals surface area contributed by atoms with Gasteiger partial charge in [0.2, 0.25) is 0 Å². The van der Waals surface area contributed by atoms with Crippen molar-refractivity contribution >= 4 is 18.0 Å². The Hall–Kier alpha value is -2.84. The van der Waals surface area contributed by atoms with Crippen molar-refractivity contribution in [2.24, 2.45) is 0 Å². The predicted octanol–water partition coefficient (Wildman–Crippen LogP) is 1.65. The molecule has 0 aliphatic carbocycles. The number of nitrogens with one attached hydrogen (secondary N) is 3. The van der Waals surface area contributed by atoms with E-state index < -0.39 is 5.82 Å². The summed E-state index contributed by atoms with van der Waals surface area (Å²) in [6.45, 7) is 2.77. The zero-order valence-corrected chi connectivity index (χ0v) is 14.5. The fraction of sp³-hybridized carbons (Fsp3) is 0.286. The summed E-state index contributed by atoms with van der Waals surface area (Å²) in [5.74, 6) is -0.458. The topological polar surface area (TPSA) is 59.9 Å². The number of anilines is 1. The Morgan fingerprint density at radius 1 is 1.19 bits per heavy atom. The van der Waals surface area contributed by atoms with E-state index in [0.29, 0.717) is 11.6 Å². The number of fused-ring (bicyclic) bond motifs is 1. The molecule has 0 aromatic heterocycles. The lowest BCUT2D eigenvalue weighted by Crippen LogP contribution is -2.40. The first-order valence-electron chi connectivity index (χ1n) is 9.00. The van der Waals surface area contributed by atoms with Crippen molar-refractivity contribution in [3.63, 3.8) is 0 Å². The Morgan fingerprint density at radius 3 is 2.85 bits per heavy atom. The third kappa shape index (κ3) is 3.16. The van der Waals surface area contributed by atoms with Crippen LogP contribution in [0.1, 0.15) is 18.4 Å². The number of hydrogen-bond donors (Lipinski definition) is 3. The summed E-state index contributed by atoms with van der Waals surface area (Å²) in [7, 11) is 0. The van der Waals surface area contributed by atoms with Crippen LogP contribution in [0.15, 0.2) is 30.3 Å². The maximum Gasteiger partial charge on any atom is 0.148 e. The minimum absolute atomic E-state index is 0.0743. The van der Waals surface area contributed by atoms with Gasteiger partial charge in [0.25, 0.3) is 0 Å². The van der Waals surface area contributed by atoms with Gasteiger partial charge in [-0.15, -0.1) is 0 Å². The van der Waals surface area contributed by atoms with Crippen molar-refractivity contribution in [1.82, 2.24) is 10.6 Å². The SMILES string of the molecule is N#Cc1cccc(-c2cc(NC3CCNCC3)c3c(c2)=CCNC=3)c1F. The van der Waals surface area contributed by atoms with E-state index in [1.807, 2.05) is 24.4 Å². The van der Waals surface area contributed by atoms with Gasteiger partial charge in [-0.3, -0.25) is 0 Å². The van der Waals surface area contributed by atoms with Gasteiger partial charge < -0.3 is 16.0 Å². The van der Waals surface area contributed by atoms with E-state index in [0.717, 1.165) is 54.2 Å². The molecule has 0 amide bonds. The molecule has 4 nitrogen and oxygen atoms in total. The number of benzene rings is 2. The minimum Gasteiger partial charge on any atom is -0.387 e. The van der Waals surface area contributed by atoms with Crippen molar-refractivity contribution in [1.29, 1.82) is 5.26 Å². The zero-order chi connectivity index (χ0) is 17.9. The lowest BCUT2D eigenvalue weighted by Gasteiger charge is -2.25. The highest BCUT2D eigenvalue weighted by molar-refractivity contribution is 5.72. The molecule has 2 heterocycles. The van der Waals surface area contributed by atoms with Gasteiger partial charge in [-0.05, 0) is 54.9 Å². The van der Waals surface area contributed by atoms with E-state index in [4.69, 9.17) is 5.26 Å². The summed E-state index contributed by atoms with van der Waals surface area (Å²) in [5, 5.41) is 21.6. The normalized spacial score (nSPS) is 16.5. The van der Waals surface area contributed by atoms with E-state index >= 15 is 0 Å². The van der Waals surface area contributed by atoms with Crippen LogP contribution in [0.4, 0.5) is 10.1 Å². The summed E-state index contributed by atoms with van der Waals surface area (Å²) in [4.78, 5) is 0. The highest BCUT2D eigenvalue weighted by Crippen LogP contribution is 2.25. The second kappa shape index (κ2) is 7.19. The highest BCUT2D eigenvalue weighted by atomic mass is 19.1. The van der Waals surface area contributed by atoms with Gasteiger partial charge >= 0.3 is 0 Å². The van der Waals surface area contributed by atoms with Gasteiger partial charge in [-0.25, -0.2) is 4.39 Å². The van der Waals surface area contributed by atoms with Crippen LogP contribution in [0.5, 0.6) is 0 Å². The third-order valence-corrected chi connectivity index (χ3v) is 5.03. The molecule has 132 valence electrons. The molecular formula is C21H21FN4. The second-order valence-electron chi connectivity index (χ2n) is 6.73. The van der Waals surface area contributed by atoms with E-state index in [2.05, 4.69) is 22.0 Å². The maximum absolute atomic E-state index is 14.7. The standard InChI is InChI=1S/C21H21FN4/c22-21-15(12-23)2-1-3-18(21)16-10-14-4-7-25-13-19(14)20(11-16)26-17-5-8-24-9-6-17/h1-4,10-11,13,17,24-26H,5-9H2. The molecule has 0 saturated carbocycles. The van der Waals surface area contributed by atoms with Gasteiger partial charge in [0.1, 0.15) is 11.9 Å². The number of hydrogen-bond acceptors (Lipinski definition) is 4. The quantitative estimate of drug-likeness (QED) is 0.789. The molecule has 0 atom stereocenters. The highest BCUT2D eigenvalue weighted by Gasteiger charge is 2.16. The zero-order valence-electron chi connectivity index (χ0n) is 14.5. The van der Waals surface area contributed by atoms with E-state index in [1.54, 1.807) is 12.1 Å². The Kier molecular flexibility index (Phi) is 4.59. The van der Waals surface area contributed by atoms with E-state index in [1.165, 1.54) is 6.07 Å². The van der Waals surface area contributed by atoms with Crippen molar-refractivity contribution in [3.8, 4) is 17.2 Å². The molecule has 1 saturated heterocycles. The molecule has 4 rings (SSSR count). The van der Waals surface area contributed by atoms with Crippen LogP contribution >= 0.6 is 0 Å². The largest absolute Gasteiger partial charge is 0.387 e. The molecular weight excluding hydrogens is 327 g/mol. The second-order valence-corrected chi connectivity index (χ2v) is 6.73. The van der Waals surface area contributed by atoms with Gasteiger partial charge in [-0.1, -0.05) is 18.2 Å². The number of nitrogens with zero attached hydrogens (tertiary/aromatic N) is 1. The number of rotatable bonds is 3. The molecule has 1 fully saturated rings. The van der Waals surface area contributed by atoms with Crippen LogP contribution in [0.2, 0.25) is 0 Å². The van der Waals surface area contributed by atoms with Crippen LogP contribution < -0.4 is 26.4 Å². The van der Waals surface area contributed by atoms with Gasteiger partial charge in [0.05, 0.1) is 5.56 Å². The monoisotopic (exact) mass is 348 g/mol. The average Bonchev–Trinajstić information content (AvgIpc) is 2.69. The van der Waals surface area contributed by atoms with Crippen LogP contribution in [0.3, 0.4) is 0 Å². The van der Waals surface area contributed by atoms with Gasteiger partial charge in [-0.2, -0.15) is 5.26 Å². The average molecular weight is 348 g/mol. The first kappa shape index (κ1) is 16.6. The summed E-state index contributed by atoms with van der Waals surface area (Å²) in [6.07, 6.45) is 6.26. The number of piperidine rings is 1. The van der Waals surface area contributed by atoms with Crippen LogP contribution in [0.25, 0.3) is 23.4 Å². The molecule has 2 aliphatic rings. The summed E-state index contributed by atoms with van der Waals surface area (Å²) < 4.78 is 14.7. The smallest absolute Gasteiger partial charge is 0.148 e. The summed E-state index contributed by atoms with van der Waals surface area (Å²) >= 11 is 0. The third-order valence-electron chi connectivity index (χ3n) is 5.03. The van der Waals surface area contributed by atoms with Crippen LogP contribution in [-0.4, -0.2) is 25.7 Å². The van der Waals surface area contributed by atoms with Crippen molar-refractivity contribution in [2.75, 3.05) is 25.0 Å². The van der Waals surface area contributed by atoms with Gasteiger partial charge in [0.15, 0.2) is 0 Å². The molecule has 2 aromatic carbocycles. The molecule has 2 aliphatic heterocycles. The Labute approximate surface area is 152 Å². The Balaban J connectivity index is 1.82. The van der Waals surface area contributed by atoms with Crippen LogP contribution in [0, 0.1) is 17.1 Å². The van der Waals surface area contributed by atoms with Gasteiger partial charge in [0, 0.05) is 35.3 Å². The first-order valence-corrected chi connectivity index (χ1v) is 9.00. The molecule has 0 unspecified atom stereocenters. The summed E-state index contributed by atoms with van der Waals surface area (Å²) in [6, 6.07) is 11.3. The first-order chi connectivity index (χ1) is 12.8. The molecule has 0 spiro atoms. The fourth-order valence-corrected chi connectivity index (χ4v) is 3.64. The lowest BCUT2D eigenvalue weighted by molar-refractivity contribution is 0.479. The molecule has 5 heteroatoms. The minimum atomic E-state index is -0.458. The van der Waals surface area contributed by atoms with E-state index in [9.17, 15) is 4.39 Å². The number of halogens is 1. The maximum atomic E-state index is 14.7. The Morgan fingerprint density at radius 2 is 2.04 bits per heavy atom. The molecule has 3 N–H and O–H groups in total. The van der Waals surface area contributed by atoms with Crippen LogP contribution in [-0.2, 0) is 0 Å². The molecule has 0 bridgehead atoms. The number of nitriles is 1.